The standard InChI is InChI=1S/C3H5.H6OSi2.Pt/c1-3-2;2-1-3;/h3H,1-2H2;2-3H3;/q-1;;. The Bertz CT molecular complexity index is 26.9. The molecule has 0 heterocycles. The van der Waals surface area contributed by atoms with E-state index >= 15 is 0 Å². The van der Waals surface area contributed by atoms with Gasteiger partial charge in [-0.15, -0.1) is 0 Å². The van der Waals surface area contributed by atoms with E-state index in [9.17, 15) is 0 Å². The summed E-state index contributed by atoms with van der Waals surface area (Å²) in [5, 5.41) is 0. The van der Waals surface area contributed by atoms with Gasteiger partial charge < -0.3 is 4.12 Å². The van der Waals surface area contributed by atoms with Crippen molar-refractivity contribution in [3.8, 4) is 0 Å². The van der Waals surface area contributed by atoms with Crippen LogP contribution in [0, 0.1) is 6.92 Å². The van der Waals surface area contributed by atoms with Crippen LogP contribution >= 0.6 is 0 Å². The van der Waals surface area contributed by atoms with Crippen LogP contribution in [0.4, 0.5) is 0 Å². The van der Waals surface area contributed by atoms with E-state index in [-0.39, 0.29) is 21.1 Å². The molecule has 0 aromatic heterocycles. The summed E-state index contributed by atoms with van der Waals surface area (Å²) in [5.74, 6) is 0. The molecule has 0 bridgehead atoms. The molecular weight excluding hydrogens is 303 g/mol. The van der Waals surface area contributed by atoms with Gasteiger partial charge in [0.05, 0.1) is 0 Å². The largest absolute Gasteiger partial charge is 0.471 e. The minimum absolute atomic E-state index is 0. The van der Waals surface area contributed by atoms with Gasteiger partial charge in [0.15, 0.2) is 0 Å². The predicted octanol–water partition coefficient (Wildman–Crippen LogP) is -1.43. The van der Waals surface area contributed by atoms with Crippen LogP contribution in [-0.2, 0) is 25.2 Å². The van der Waals surface area contributed by atoms with Gasteiger partial charge in [-0.2, -0.15) is 0 Å². The summed E-state index contributed by atoms with van der Waals surface area (Å²) < 4.78 is 4.53. The summed E-state index contributed by atoms with van der Waals surface area (Å²) in [5.41, 5.74) is 0. The van der Waals surface area contributed by atoms with Crippen LogP contribution in [-0.4, -0.2) is 21.0 Å². The molecular formula is C3H11OPtSi2-. The number of allylic oxidation sites excluding steroid dienone is 1. The summed E-state index contributed by atoms with van der Waals surface area (Å²) in [6, 6.07) is 0. The smallest absolute Gasteiger partial charge is 0.129 e. The minimum atomic E-state index is 0. The second-order valence-electron chi connectivity index (χ2n) is 0.697. The summed E-state index contributed by atoms with van der Waals surface area (Å²) >= 11 is 0. The normalized spacial score (nSPS) is 5.14. The van der Waals surface area contributed by atoms with Crippen molar-refractivity contribution in [1.82, 2.24) is 0 Å². The topological polar surface area (TPSA) is 9.23 Å². The van der Waals surface area contributed by atoms with Gasteiger partial charge in [-0.1, -0.05) is 0 Å². The van der Waals surface area contributed by atoms with Crippen LogP contribution in [0.2, 0.25) is 0 Å². The Hall–Kier alpha value is 0.692. The van der Waals surface area contributed by atoms with Crippen molar-refractivity contribution in [1.29, 1.82) is 0 Å². The molecule has 48 valence electrons. The van der Waals surface area contributed by atoms with Crippen LogP contribution in [0.3, 0.4) is 0 Å². The fourth-order valence-electron chi connectivity index (χ4n) is 0. The molecule has 0 rings (SSSR count). The van der Waals surface area contributed by atoms with Crippen molar-refractivity contribution >= 4 is 21.0 Å². The van der Waals surface area contributed by atoms with Crippen LogP contribution in [0.25, 0.3) is 0 Å². The van der Waals surface area contributed by atoms with Crippen molar-refractivity contribution in [2.24, 2.45) is 0 Å². The second kappa shape index (κ2) is 29.9. The summed E-state index contributed by atoms with van der Waals surface area (Å²) in [6.07, 6.45) is 1.50. The molecule has 4 heteroatoms. The first kappa shape index (κ1) is 15.6. The van der Waals surface area contributed by atoms with Crippen molar-refractivity contribution < 1.29 is 25.2 Å². The quantitative estimate of drug-likeness (QED) is 0.393. The first-order valence-electron chi connectivity index (χ1n) is 1.63. The molecule has 0 amide bonds. The third kappa shape index (κ3) is 308. The average Bonchev–Trinajstić information content (AvgIpc) is 1.39. The van der Waals surface area contributed by atoms with Crippen LogP contribution in [0.15, 0.2) is 12.7 Å². The van der Waals surface area contributed by atoms with Crippen molar-refractivity contribution in [3.63, 3.8) is 0 Å². The average molecular weight is 314 g/mol. The maximum Gasteiger partial charge on any atom is 0.129 e. The van der Waals surface area contributed by atoms with Crippen molar-refractivity contribution in [3.05, 3.63) is 19.6 Å². The molecule has 0 radical (unpaired) electrons. The molecule has 1 nitrogen and oxygen atoms in total. The van der Waals surface area contributed by atoms with Crippen molar-refractivity contribution in [2.45, 2.75) is 0 Å². The van der Waals surface area contributed by atoms with E-state index < -0.39 is 0 Å². The van der Waals surface area contributed by atoms with Crippen LogP contribution < -0.4 is 0 Å². The van der Waals surface area contributed by atoms with Gasteiger partial charge in [0, 0.05) is 21.1 Å². The molecule has 0 N–H and O–H groups in total. The molecule has 7 heavy (non-hydrogen) atoms. The van der Waals surface area contributed by atoms with Gasteiger partial charge in [0.25, 0.3) is 0 Å². The Morgan fingerprint density at radius 2 is 1.57 bits per heavy atom. The molecule has 0 unspecified atom stereocenters. The predicted molar refractivity (Wildman–Crippen MR) is 36.5 cm³/mol. The first-order chi connectivity index (χ1) is 2.83. The van der Waals surface area contributed by atoms with Crippen LogP contribution in [0.5, 0.6) is 0 Å². The Morgan fingerprint density at radius 3 is 1.57 bits per heavy atom. The fraction of sp³-hybridized carbons (Fsp3) is 0. The van der Waals surface area contributed by atoms with Gasteiger partial charge in [0.2, 0.25) is 0 Å². The third-order valence-corrected chi connectivity index (χ3v) is 0. The maximum atomic E-state index is 4.53. The third-order valence-electron chi connectivity index (χ3n) is 0. The van der Waals surface area contributed by atoms with Gasteiger partial charge in [-0.05, 0) is 0 Å². The molecule has 0 aliphatic rings. The number of hydrogen-bond acceptors (Lipinski definition) is 1. The molecule has 0 fully saturated rings. The van der Waals surface area contributed by atoms with E-state index in [2.05, 4.69) is 17.6 Å². The summed E-state index contributed by atoms with van der Waals surface area (Å²) in [7, 11) is 1.86. The molecule has 0 aliphatic heterocycles. The molecule has 0 saturated carbocycles. The van der Waals surface area contributed by atoms with Gasteiger partial charge >= 0.3 is 0 Å². The first-order valence-corrected chi connectivity index (χ1v) is 3.27. The Balaban J connectivity index is -0.0000000400. The summed E-state index contributed by atoms with van der Waals surface area (Å²) in [6.45, 7) is 6.50. The maximum absolute atomic E-state index is 4.53. The zero-order chi connectivity index (χ0) is 5.41. The Morgan fingerprint density at radius 1 is 1.57 bits per heavy atom. The number of hydrogen-bond donors (Lipinski definition) is 0. The van der Waals surface area contributed by atoms with E-state index in [0.717, 1.165) is 21.0 Å². The van der Waals surface area contributed by atoms with Gasteiger partial charge in [-0.25, -0.2) is 19.6 Å². The zero-order valence-corrected chi connectivity index (χ0v) is 11.0. The zero-order valence-electron chi connectivity index (χ0n) is 4.72. The van der Waals surface area contributed by atoms with Crippen LogP contribution in [0.1, 0.15) is 0 Å². The van der Waals surface area contributed by atoms with Gasteiger partial charge in [-0.3, -0.25) is 0 Å². The fourth-order valence-corrected chi connectivity index (χ4v) is 0. The van der Waals surface area contributed by atoms with E-state index in [1.165, 1.54) is 6.08 Å². The Labute approximate surface area is 65.9 Å². The van der Waals surface area contributed by atoms with E-state index in [4.69, 9.17) is 0 Å². The monoisotopic (exact) mass is 314 g/mol. The minimum Gasteiger partial charge on any atom is -0.471 e. The molecule has 0 aromatic carbocycles. The second-order valence-corrected chi connectivity index (χ2v) is 3.96. The SMILES string of the molecule is C=C[CH2-].[Pt].[SiH3]O[SiH3]. The van der Waals surface area contributed by atoms with Crippen molar-refractivity contribution in [2.75, 3.05) is 0 Å². The molecule has 0 spiro atoms. The van der Waals surface area contributed by atoms with E-state index in [0.29, 0.717) is 0 Å². The van der Waals surface area contributed by atoms with E-state index in [1.807, 2.05) is 0 Å². The molecule has 0 atom stereocenters. The Kier molecular flexibility index (Phi) is 66.9. The summed E-state index contributed by atoms with van der Waals surface area (Å²) in [4.78, 5) is 0. The molecule has 0 aliphatic carbocycles. The van der Waals surface area contributed by atoms with E-state index in [1.54, 1.807) is 0 Å². The molecule has 0 aromatic rings. The number of rotatable bonds is 0. The molecule has 0 saturated heterocycles. The van der Waals surface area contributed by atoms with Gasteiger partial charge in [0.1, 0.15) is 21.0 Å².